The molecule has 8 nitrogen and oxygen atoms in total. The molecule has 1 unspecified atom stereocenters. The van der Waals surface area contributed by atoms with Crippen molar-refractivity contribution in [2.45, 2.75) is 13.0 Å². The first-order valence-corrected chi connectivity index (χ1v) is 7.49. The highest BCUT2D eigenvalue weighted by atomic mass is 19.1. The Labute approximate surface area is 146 Å². The first-order chi connectivity index (χ1) is 12.5. The molecule has 132 valence electrons. The molecule has 0 fully saturated rings. The third kappa shape index (κ3) is 3.56. The first kappa shape index (κ1) is 17.2. The summed E-state index contributed by atoms with van der Waals surface area (Å²) in [6, 6.07) is 11.0. The van der Waals surface area contributed by atoms with E-state index in [2.05, 4.69) is 10.2 Å². The van der Waals surface area contributed by atoms with Gasteiger partial charge in [-0.1, -0.05) is 12.1 Å². The van der Waals surface area contributed by atoms with Crippen molar-refractivity contribution >= 4 is 11.7 Å². The number of nitro groups is 1. The predicted octanol–water partition coefficient (Wildman–Crippen LogP) is 3.70. The number of halogens is 1. The molecular formula is C17H12FN3O5. The van der Waals surface area contributed by atoms with Crippen LogP contribution in [0, 0.1) is 15.9 Å². The Morgan fingerprint density at radius 1 is 1.19 bits per heavy atom. The zero-order chi connectivity index (χ0) is 18.7. The van der Waals surface area contributed by atoms with Crippen LogP contribution in [0.5, 0.6) is 0 Å². The van der Waals surface area contributed by atoms with Gasteiger partial charge in [0, 0.05) is 17.7 Å². The van der Waals surface area contributed by atoms with E-state index in [4.69, 9.17) is 9.15 Å². The van der Waals surface area contributed by atoms with Gasteiger partial charge in [-0.25, -0.2) is 9.18 Å². The monoisotopic (exact) mass is 357 g/mol. The molecule has 1 atom stereocenters. The van der Waals surface area contributed by atoms with E-state index in [0.717, 1.165) is 6.07 Å². The van der Waals surface area contributed by atoms with Crippen molar-refractivity contribution in [2.24, 2.45) is 0 Å². The van der Waals surface area contributed by atoms with Crippen LogP contribution in [0.2, 0.25) is 0 Å². The summed E-state index contributed by atoms with van der Waals surface area (Å²) in [6.45, 7) is 1.51. The fraction of sp³-hybridized carbons (Fsp3) is 0.118. The van der Waals surface area contributed by atoms with Crippen molar-refractivity contribution in [3.63, 3.8) is 0 Å². The summed E-state index contributed by atoms with van der Waals surface area (Å²) in [7, 11) is 0. The standard InChI is InChI=1S/C17H12FN3O5/c1-10(25-17(22)13-4-2-3-5-14(13)18)15-19-20-16(26-15)11-6-8-12(9-7-11)21(23)24/h2-10H,1H3. The fourth-order valence-electron chi connectivity index (χ4n) is 2.14. The van der Waals surface area contributed by atoms with E-state index in [1.165, 1.54) is 49.4 Å². The second-order valence-corrected chi connectivity index (χ2v) is 5.28. The fourth-order valence-corrected chi connectivity index (χ4v) is 2.14. The quantitative estimate of drug-likeness (QED) is 0.389. The maximum absolute atomic E-state index is 13.6. The van der Waals surface area contributed by atoms with Crippen molar-refractivity contribution in [3.05, 3.63) is 75.9 Å². The van der Waals surface area contributed by atoms with Gasteiger partial charge in [0.25, 0.3) is 11.6 Å². The summed E-state index contributed by atoms with van der Waals surface area (Å²) >= 11 is 0. The van der Waals surface area contributed by atoms with Gasteiger partial charge in [0.15, 0.2) is 6.10 Å². The predicted molar refractivity (Wildman–Crippen MR) is 86.6 cm³/mol. The third-order valence-electron chi connectivity index (χ3n) is 3.49. The van der Waals surface area contributed by atoms with Gasteiger partial charge < -0.3 is 9.15 Å². The molecule has 0 aliphatic carbocycles. The van der Waals surface area contributed by atoms with Crippen LogP contribution in [-0.4, -0.2) is 21.1 Å². The number of hydrogen-bond donors (Lipinski definition) is 0. The lowest BCUT2D eigenvalue weighted by Gasteiger charge is -2.09. The Kier molecular flexibility index (Phi) is 4.70. The molecule has 1 aromatic heterocycles. The van der Waals surface area contributed by atoms with Gasteiger partial charge in [-0.3, -0.25) is 10.1 Å². The minimum absolute atomic E-state index is 0.0167. The largest absolute Gasteiger partial charge is 0.449 e. The molecule has 0 radical (unpaired) electrons. The number of carbonyl (C=O) groups is 1. The van der Waals surface area contributed by atoms with Gasteiger partial charge in [-0.15, -0.1) is 10.2 Å². The Balaban J connectivity index is 1.73. The normalized spacial score (nSPS) is 11.8. The number of carbonyl (C=O) groups excluding carboxylic acids is 1. The molecular weight excluding hydrogens is 345 g/mol. The average molecular weight is 357 g/mol. The van der Waals surface area contributed by atoms with Crippen molar-refractivity contribution < 1.29 is 23.3 Å². The second-order valence-electron chi connectivity index (χ2n) is 5.28. The van der Waals surface area contributed by atoms with Crippen LogP contribution in [0.15, 0.2) is 52.9 Å². The number of hydrogen-bond acceptors (Lipinski definition) is 7. The molecule has 2 aromatic carbocycles. The lowest BCUT2D eigenvalue weighted by molar-refractivity contribution is -0.384. The number of nitrogens with zero attached hydrogens (tertiary/aromatic N) is 3. The number of benzene rings is 2. The molecule has 0 aliphatic rings. The second kappa shape index (κ2) is 7.09. The maximum Gasteiger partial charge on any atom is 0.341 e. The van der Waals surface area contributed by atoms with Crippen LogP contribution in [0.4, 0.5) is 10.1 Å². The molecule has 0 bridgehead atoms. The van der Waals surface area contributed by atoms with E-state index in [-0.39, 0.29) is 23.0 Å². The van der Waals surface area contributed by atoms with E-state index < -0.39 is 22.8 Å². The lowest BCUT2D eigenvalue weighted by Crippen LogP contribution is -2.11. The molecule has 26 heavy (non-hydrogen) atoms. The molecule has 0 saturated heterocycles. The molecule has 3 aromatic rings. The van der Waals surface area contributed by atoms with E-state index >= 15 is 0 Å². The van der Waals surface area contributed by atoms with Crippen molar-refractivity contribution in [2.75, 3.05) is 0 Å². The minimum Gasteiger partial charge on any atom is -0.449 e. The van der Waals surface area contributed by atoms with E-state index in [0.29, 0.717) is 5.56 Å². The average Bonchev–Trinajstić information content (AvgIpc) is 3.12. The van der Waals surface area contributed by atoms with E-state index in [1.807, 2.05) is 0 Å². The first-order valence-electron chi connectivity index (χ1n) is 7.49. The highest BCUT2D eigenvalue weighted by Crippen LogP contribution is 2.25. The molecule has 3 rings (SSSR count). The molecule has 1 heterocycles. The molecule has 0 N–H and O–H groups in total. The molecule has 9 heteroatoms. The highest BCUT2D eigenvalue weighted by Gasteiger charge is 2.21. The number of rotatable bonds is 5. The van der Waals surface area contributed by atoms with Crippen molar-refractivity contribution in [1.29, 1.82) is 0 Å². The van der Waals surface area contributed by atoms with Gasteiger partial charge in [-0.05, 0) is 31.2 Å². The summed E-state index contributed by atoms with van der Waals surface area (Å²) in [5.41, 5.74) is 0.206. The van der Waals surface area contributed by atoms with Gasteiger partial charge in [0.1, 0.15) is 5.82 Å². The lowest BCUT2D eigenvalue weighted by atomic mass is 10.2. The minimum atomic E-state index is -0.901. The number of aromatic nitrogens is 2. The molecule has 0 spiro atoms. The van der Waals surface area contributed by atoms with Gasteiger partial charge in [0.05, 0.1) is 10.5 Å². The van der Waals surface area contributed by atoms with Gasteiger partial charge in [0.2, 0.25) is 5.89 Å². The van der Waals surface area contributed by atoms with Gasteiger partial charge >= 0.3 is 5.97 Å². The zero-order valence-electron chi connectivity index (χ0n) is 13.5. The van der Waals surface area contributed by atoms with E-state index in [1.54, 1.807) is 0 Å². The number of nitro benzene ring substituents is 1. The maximum atomic E-state index is 13.6. The summed E-state index contributed by atoms with van der Waals surface area (Å²) in [5, 5.41) is 18.3. The topological polar surface area (TPSA) is 108 Å². The highest BCUT2D eigenvalue weighted by molar-refractivity contribution is 5.89. The van der Waals surface area contributed by atoms with Crippen LogP contribution < -0.4 is 0 Å². The Morgan fingerprint density at radius 3 is 2.54 bits per heavy atom. The molecule has 0 amide bonds. The summed E-state index contributed by atoms with van der Waals surface area (Å²) in [5.74, 6) is -1.42. The van der Waals surface area contributed by atoms with Crippen LogP contribution in [0.1, 0.15) is 29.3 Å². The van der Waals surface area contributed by atoms with Crippen LogP contribution in [-0.2, 0) is 4.74 Å². The SMILES string of the molecule is CC(OC(=O)c1ccccc1F)c1nnc(-c2ccc([N+](=O)[O-])cc2)o1. The van der Waals surface area contributed by atoms with Gasteiger partial charge in [-0.2, -0.15) is 0 Å². The number of ether oxygens (including phenoxy) is 1. The summed E-state index contributed by atoms with van der Waals surface area (Å²) < 4.78 is 24.2. The Bertz CT molecular complexity index is 955. The number of non-ortho nitro benzene ring substituents is 1. The summed E-state index contributed by atoms with van der Waals surface area (Å²) in [6.07, 6.45) is -0.901. The number of esters is 1. The van der Waals surface area contributed by atoms with Crippen molar-refractivity contribution in [1.82, 2.24) is 10.2 Å². The zero-order valence-corrected chi connectivity index (χ0v) is 13.5. The van der Waals surface area contributed by atoms with Crippen molar-refractivity contribution in [3.8, 4) is 11.5 Å². The van der Waals surface area contributed by atoms with E-state index in [9.17, 15) is 19.3 Å². The molecule has 0 saturated carbocycles. The Morgan fingerprint density at radius 2 is 1.88 bits per heavy atom. The third-order valence-corrected chi connectivity index (χ3v) is 3.49. The van der Waals surface area contributed by atoms with Crippen LogP contribution >= 0.6 is 0 Å². The van der Waals surface area contributed by atoms with Crippen LogP contribution in [0.3, 0.4) is 0 Å². The Hall–Kier alpha value is -3.62. The van der Waals surface area contributed by atoms with Crippen LogP contribution in [0.25, 0.3) is 11.5 Å². The smallest absolute Gasteiger partial charge is 0.341 e. The molecule has 0 aliphatic heterocycles. The summed E-state index contributed by atoms with van der Waals surface area (Å²) in [4.78, 5) is 22.2.